The molecule has 1 aliphatic heterocycles. The van der Waals surface area contributed by atoms with Crippen molar-refractivity contribution in [1.82, 2.24) is 24.6 Å². The maximum absolute atomic E-state index is 13.8. The van der Waals surface area contributed by atoms with Crippen LogP contribution in [0.4, 0.5) is 4.39 Å². The van der Waals surface area contributed by atoms with Crippen molar-refractivity contribution in [3.8, 4) is 11.6 Å². The van der Waals surface area contributed by atoms with Crippen LogP contribution in [-0.2, 0) is 7.05 Å². The number of benzene rings is 1. The fourth-order valence-corrected chi connectivity index (χ4v) is 3.34. The van der Waals surface area contributed by atoms with Gasteiger partial charge >= 0.3 is 0 Å². The standard InChI is InChI=1S/C20H20FN5O2/c1-25-10-8-16(24-25)20(27)26-9-4-5-14(13-26)17-11-22-12-19(23-17)28-18-7-3-2-6-15(18)21/h2-3,6-8,10-12,14H,4-5,9,13H2,1H3. The molecule has 0 aliphatic carbocycles. The smallest absolute Gasteiger partial charge is 0.274 e. The van der Waals surface area contributed by atoms with Crippen LogP contribution in [0.5, 0.6) is 11.6 Å². The molecule has 1 atom stereocenters. The molecule has 2 aromatic heterocycles. The summed E-state index contributed by atoms with van der Waals surface area (Å²) in [6.07, 6.45) is 6.64. The second-order valence-electron chi connectivity index (χ2n) is 6.78. The van der Waals surface area contributed by atoms with E-state index in [1.54, 1.807) is 47.2 Å². The average molecular weight is 381 g/mol. The van der Waals surface area contributed by atoms with E-state index in [-0.39, 0.29) is 23.5 Å². The molecule has 1 saturated heterocycles. The minimum atomic E-state index is -0.459. The lowest BCUT2D eigenvalue weighted by Gasteiger charge is -2.32. The van der Waals surface area contributed by atoms with Gasteiger partial charge in [-0.15, -0.1) is 0 Å². The van der Waals surface area contributed by atoms with Crippen molar-refractivity contribution in [2.75, 3.05) is 13.1 Å². The van der Waals surface area contributed by atoms with Gasteiger partial charge in [0, 0.05) is 38.4 Å². The number of aryl methyl sites for hydroxylation is 1. The molecule has 1 aliphatic rings. The third-order valence-corrected chi connectivity index (χ3v) is 4.74. The second-order valence-corrected chi connectivity index (χ2v) is 6.78. The van der Waals surface area contributed by atoms with E-state index in [2.05, 4.69) is 15.1 Å². The lowest BCUT2D eigenvalue weighted by Crippen LogP contribution is -2.39. The van der Waals surface area contributed by atoms with E-state index in [0.717, 1.165) is 18.5 Å². The Morgan fingerprint density at radius 1 is 1.25 bits per heavy atom. The molecule has 0 N–H and O–H groups in total. The molecule has 7 nitrogen and oxygen atoms in total. The van der Waals surface area contributed by atoms with Crippen molar-refractivity contribution in [3.05, 3.63) is 66.1 Å². The van der Waals surface area contributed by atoms with Crippen molar-refractivity contribution in [3.63, 3.8) is 0 Å². The van der Waals surface area contributed by atoms with E-state index < -0.39 is 5.82 Å². The second kappa shape index (κ2) is 7.75. The summed E-state index contributed by atoms with van der Waals surface area (Å²) in [4.78, 5) is 23.2. The summed E-state index contributed by atoms with van der Waals surface area (Å²) in [5, 5.41) is 4.19. The number of likely N-dealkylation sites (tertiary alicyclic amines) is 1. The van der Waals surface area contributed by atoms with Gasteiger partial charge in [-0.1, -0.05) is 12.1 Å². The number of ether oxygens (including phenoxy) is 1. The number of para-hydroxylation sites is 1. The van der Waals surface area contributed by atoms with Crippen LogP contribution in [-0.4, -0.2) is 43.6 Å². The van der Waals surface area contributed by atoms with E-state index in [1.807, 2.05) is 0 Å². The summed E-state index contributed by atoms with van der Waals surface area (Å²) in [5.74, 6) is -0.171. The normalized spacial score (nSPS) is 16.8. The van der Waals surface area contributed by atoms with Gasteiger partial charge in [0.1, 0.15) is 5.69 Å². The number of carbonyl (C=O) groups excluding carboxylic acids is 1. The van der Waals surface area contributed by atoms with Gasteiger partial charge in [-0.3, -0.25) is 14.5 Å². The molecule has 1 unspecified atom stereocenters. The zero-order valence-corrected chi connectivity index (χ0v) is 15.5. The Bertz CT molecular complexity index is 990. The summed E-state index contributed by atoms with van der Waals surface area (Å²) in [7, 11) is 1.78. The summed E-state index contributed by atoms with van der Waals surface area (Å²) in [6, 6.07) is 7.87. The molecule has 28 heavy (non-hydrogen) atoms. The molecule has 1 aromatic carbocycles. The van der Waals surface area contributed by atoms with E-state index >= 15 is 0 Å². The first-order valence-electron chi connectivity index (χ1n) is 9.13. The molecule has 3 aromatic rings. The topological polar surface area (TPSA) is 73.1 Å². The molecule has 3 heterocycles. The van der Waals surface area contributed by atoms with E-state index in [0.29, 0.717) is 18.8 Å². The summed E-state index contributed by atoms with van der Waals surface area (Å²) in [6.45, 7) is 1.22. The van der Waals surface area contributed by atoms with Crippen LogP contribution in [0.1, 0.15) is 34.9 Å². The fourth-order valence-electron chi connectivity index (χ4n) is 3.34. The Labute approximate surface area is 161 Å². The number of rotatable bonds is 4. The lowest BCUT2D eigenvalue weighted by atomic mass is 9.95. The van der Waals surface area contributed by atoms with Gasteiger partial charge in [-0.05, 0) is 31.0 Å². The highest BCUT2D eigenvalue weighted by molar-refractivity contribution is 5.92. The monoisotopic (exact) mass is 381 g/mol. The first-order valence-corrected chi connectivity index (χ1v) is 9.13. The largest absolute Gasteiger partial charge is 0.434 e. The van der Waals surface area contributed by atoms with Crippen LogP contribution in [0.15, 0.2) is 48.9 Å². The molecule has 1 fully saturated rings. The molecular weight excluding hydrogens is 361 g/mol. The molecule has 8 heteroatoms. The lowest BCUT2D eigenvalue weighted by molar-refractivity contribution is 0.0699. The van der Waals surface area contributed by atoms with Gasteiger partial charge in [-0.25, -0.2) is 9.37 Å². The predicted octanol–water partition coefficient (Wildman–Crippen LogP) is 3.16. The van der Waals surface area contributed by atoms with Crippen molar-refractivity contribution < 1.29 is 13.9 Å². The van der Waals surface area contributed by atoms with Gasteiger partial charge in [0.15, 0.2) is 11.6 Å². The Kier molecular flexibility index (Phi) is 5.01. The summed E-state index contributed by atoms with van der Waals surface area (Å²) in [5.41, 5.74) is 1.17. The first-order chi connectivity index (χ1) is 13.6. The van der Waals surface area contributed by atoms with Crippen LogP contribution < -0.4 is 4.74 Å². The molecular formula is C20H20FN5O2. The Hall–Kier alpha value is -3.29. The fraction of sp³-hybridized carbons (Fsp3) is 0.300. The summed E-state index contributed by atoms with van der Waals surface area (Å²) < 4.78 is 21.0. The van der Waals surface area contributed by atoms with Crippen LogP contribution >= 0.6 is 0 Å². The Morgan fingerprint density at radius 2 is 2.11 bits per heavy atom. The SMILES string of the molecule is Cn1ccc(C(=O)N2CCCC(c3cncc(Oc4ccccc4F)n3)C2)n1. The van der Waals surface area contributed by atoms with Gasteiger partial charge < -0.3 is 9.64 Å². The van der Waals surface area contributed by atoms with E-state index in [4.69, 9.17) is 4.74 Å². The van der Waals surface area contributed by atoms with Crippen molar-refractivity contribution in [2.24, 2.45) is 7.05 Å². The van der Waals surface area contributed by atoms with Gasteiger partial charge in [0.2, 0.25) is 5.88 Å². The Morgan fingerprint density at radius 3 is 2.89 bits per heavy atom. The molecule has 1 amide bonds. The molecule has 0 saturated carbocycles. The highest BCUT2D eigenvalue weighted by Crippen LogP contribution is 2.28. The zero-order valence-electron chi connectivity index (χ0n) is 15.5. The number of halogens is 1. The number of amides is 1. The first kappa shape index (κ1) is 18.1. The number of hydrogen-bond donors (Lipinski definition) is 0. The number of aromatic nitrogens is 4. The molecule has 0 bridgehead atoms. The Balaban J connectivity index is 1.49. The maximum Gasteiger partial charge on any atom is 0.274 e. The maximum atomic E-state index is 13.8. The minimum absolute atomic E-state index is 0.0399. The third-order valence-electron chi connectivity index (χ3n) is 4.74. The van der Waals surface area contributed by atoms with Crippen LogP contribution in [0.2, 0.25) is 0 Å². The molecule has 0 spiro atoms. The van der Waals surface area contributed by atoms with E-state index in [1.165, 1.54) is 18.3 Å². The highest BCUT2D eigenvalue weighted by Gasteiger charge is 2.27. The summed E-state index contributed by atoms with van der Waals surface area (Å²) >= 11 is 0. The highest BCUT2D eigenvalue weighted by atomic mass is 19.1. The number of carbonyl (C=O) groups is 1. The molecule has 144 valence electrons. The number of nitrogens with zero attached hydrogens (tertiary/aromatic N) is 5. The average Bonchev–Trinajstić information content (AvgIpc) is 3.16. The van der Waals surface area contributed by atoms with Crippen LogP contribution in [0.3, 0.4) is 0 Å². The van der Waals surface area contributed by atoms with Crippen molar-refractivity contribution in [1.29, 1.82) is 0 Å². The zero-order chi connectivity index (χ0) is 19.5. The molecule has 0 radical (unpaired) electrons. The molecule has 4 rings (SSSR count). The van der Waals surface area contributed by atoms with Crippen molar-refractivity contribution >= 4 is 5.91 Å². The number of piperidine rings is 1. The van der Waals surface area contributed by atoms with Gasteiger partial charge in [0.05, 0.1) is 11.9 Å². The number of hydrogen-bond acceptors (Lipinski definition) is 5. The predicted molar refractivity (Wildman–Crippen MR) is 99.6 cm³/mol. The van der Waals surface area contributed by atoms with Gasteiger partial charge in [-0.2, -0.15) is 5.10 Å². The van der Waals surface area contributed by atoms with Crippen LogP contribution in [0, 0.1) is 5.82 Å². The van der Waals surface area contributed by atoms with Crippen LogP contribution in [0.25, 0.3) is 0 Å². The van der Waals surface area contributed by atoms with Crippen molar-refractivity contribution in [2.45, 2.75) is 18.8 Å². The quantitative estimate of drug-likeness (QED) is 0.694. The third kappa shape index (κ3) is 3.85. The minimum Gasteiger partial charge on any atom is -0.434 e. The van der Waals surface area contributed by atoms with Gasteiger partial charge in [0.25, 0.3) is 5.91 Å². The van der Waals surface area contributed by atoms with E-state index in [9.17, 15) is 9.18 Å².